The van der Waals surface area contributed by atoms with Crippen LogP contribution in [0.15, 0.2) is 12.7 Å². The van der Waals surface area contributed by atoms with Gasteiger partial charge in [0.1, 0.15) is 11.6 Å². The Labute approximate surface area is 110 Å². The molecule has 0 radical (unpaired) electrons. The van der Waals surface area contributed by atoms with Crippen LogP contribution in [-0.2, 0) is 14.3 Å². The van der Waals surface area contributed by atoms with Crippen LogP contribution in [0, 0.1) is 5.92 Å². The molecule has 0 aromatic rings. The minimum Gasteiger partial charge on any atom is -0.458 e. The molecule has 0 aliphatic heterocycles. The summed E-state index contributed by atoms with van der Waals surface area (Å²) in [5.41, 5.74) is -0.550. The Balaban J connectivity index is 4.72. The summed E-state index contributed by atoms with van der Waals surface area (Å²) >= 11 is 0. The van der Waals surface area contributed by atoms with Gasteiger partial charge in [-0.15, -0.1) is 6.58 Å². The average Bonchev–Trinajstić information content (AvgIpc) is 2.22. The summed E-state index contributed by atoms with van der Waals surface area (Å²) in [6.07, 6.45) is 2.51. The van der Waals surface area contributed by atoms with Crippen molar-refractivity contribution in [1.29, 1.82) is 0 Å². The SMILES string of the molecule is C=CCC(=O)N[C@H](C(=O)OC(C)(C)C)[C@@H](C)CC. The van der Waals surface area contributed by atoms with Crippen LogP contribution < -0.4 is 5.32 Å². The van der Waals surface area contributed by atoms with Crippen LogP contribution in [0.4, 0.5) is 0 Å². The van der Waals surface area contributed by atoms with Gasteiger partial charge in [0.05, 0.1) is 0 Å². The third kappa shape index (κ3) is 6.42. The Morgan fingerprint density at radius 1 is 1.39 bits per heavy atom. The molecule has 4 nitrogen and oxygen atoms in total. The predicted molar refractivity (Wildman–Crippen MR) is 72.0 cm³/mol. The van der Waals surface area contributed by atoms with Crippen molar-refractivity contribution in [3.63, 3.8) is 0 Å². The summed E-state index contributed by atoms with van der Waals surface area (Å²) in [5, 5.41) is 2.71. The van der Waals surface area contributed by atoms with Gasteiger partial charge in [-0.2, -0.15) is 0 Å². The van der Waals surface area contributed by atoms with Gasteiger partial charge in [-0.3, -0.25) is 4.79 Å². The molecule has 0 heterocycles. The first-order valence-corrected chi connectivity index (χ1v) is 6.34. The maximum absolute atomic E-state index is 12.0. The van der Waals surface area contributed by atoms with E-state index in [9.17, 15) is 9.59 Å². The quantitative estimate of drug-likeness (QED) is 0.586. The third-order valence-corrected chi connectivity index (χ3v) is 2.52. The van der Waals surface area contributed by atoms with E-state index in [0.29, 0.717) is 0 Å². The highest BCUT2D eigenvalue weighted by atomic mass is 16.6. The Morgan fingerprint density at radius 2 is 1.94 bits per heavy atom. The van der Waals surface area contributed by atoms with Gasteiger partial charge in [0.15, 0.2) is 0 Å². The van der Waals surface area contributed by atoms with Gasteiger partial charge in [0.2, 0.25) is 5.91 Å². The molecule has 0 aromatic carbocycles. The molecular weight excluding hydrogens is 230 g/mol. The smallest absolute Gasteiger partial charge is 0.329 e. The van der Waals surface area contributed by atoms with E-state index in [0.717, 1.165) is 6.42 Å². The Bertz CT molecular complexity index is 305. The van der Waals surface area contributed by atoms with Crippen molar-refractivity contribution in [1.82, 2.24) is 5.32 Å². The topological polar surface area (TPSA) is 55.4 Å². The fourth-order valence-corrected chi connectivity index (χ4v) is 1.40. The van der Waals surface area contributed by atoms with E-state index in [1.54, 1.807) is 0 Å². The van der Waals surface area contributed by atoms with Crippen molar-refractivity contribution >= 4 is 11.9 Å². The van der Waals surface area contributed by atoms with E-state index in [1.807, 2.05) is 34.6 Å². The number of carbonyl (C=O) groups excluding carboxylic acids is 2. The zero-order chi connectivity index (χ0) is 14.3. The first kappa shape index (κ1) is 16.7. The van der Waals surface area contributed by atoms with Crippen LogP contribution in [0.3, 0.4) is 0 Å². The maximum atomic E-state index is 12.0. The summed E-state index contributed by atoms with van der Waals surface area (Å²) in [5.74, 6) is -0.552. The summed E-state index contributed by atoms with van der Waals surface area (Å²) in [6.45, 7) is 12.8. The van der Waals surface area contributed by atoms with Gasteiger partial charge in [0.25, 0.3) is 0 Å². The molecular formula is C14H25NO3. The molecule has 0 aliphatic carbocycles. The molecule has 0 unspecified atom stereocenters. The van der Waals surface area contributed by atoms with Crippen LogP contribution in [0.1, 0.15) is 47.5 Å². The van der Waals surface area contributed by atoms with Crippen molar-refractivity contribution in [2.45, 2.75) is 59.1 Å². The van der Waals surface area contributed by atoms with E-state index in [-0.39, 0.29) is 24.2 Å². The van der Waals surface area contributed by atoms with Gasteiger partial charge in [-0.25, -0.2) is 4.79 Å². The molecule has 0 aromatic heterocycles. The second kappa shape index (κ2) is 7.19. The minimum atomic E-state index is -0.596. The van der Waals surface area contributed by atoms with Gasteiger partial charge in [-0.1, -0.05) is 26.3 Å². The van der Waals surface area contributed by atoms with E-state index in [1.165, 1.54) is 6.08 Å². The van der Waals surface area contributed by atoms with Crippen LogP contribution >= 0.6 is 0 Å². The first-order chi connectivity index (χ1) is 8.21. The monoisotopic (exact) mass is 255 g/mol. The molecule has 0 fully saturated rings. The number of ether oxygens (including phenoxy) is 1. The number of carbonyl (C=O) groups is 2. The lowest BCUT2D eigenvalue weighted by Crippen LogP contribution is -2.47. The first-order valence-electron chi connectivity index (χ1n) is 6.34. The minimum absolute atomic E-state index is 0.0358. The maximum Gasteiger partial charge on any atom is 0.329 e. The van der Waals surface area contributed by atoms with Crippen molar-refractivity contribution in [3.8, 4) is 0 Å². The molecule has 2 atom stereocenters. The molecule has 1 amide bonds. The van der Waals surface area contributed by atoms with Crippen LogP contribution in [0.5, 0.6) is 0 Å². The molecule has 0 spiro atoms. The largest absolute Gasteiger partial charge is 0.458 e. The fourth-order valence-electron chi connectivity index (χ4n) is 1.40. The van der Waals surface area contributed by atoms with Crippen molar-refractivity contribution in [2.75, 3.05) is 0 Å². The number of amides is 1. The van der Waals surface area contributed by atoms with Crippen LogP contribution in [0.25, 0.3) is 0 Å². The van der Waals surface area contributed by atoms with Gasteiger partial charge in [0, 0.05) is 6.42 Å². The standard InChI is InChI=1S/C14H25NO3/c1-7-9-11(16)15-12(10(3)8-2)13(17)18-14(4,5)6/h7,10,12H,1,8-9H2,2-6H3,(H,15,16)/t10-,12-/m0/s1. The molecule has 104 valence electrons. The summed E-state index contributed by atoms with van der Waals surface area (Å²) < 4.78 is 5.32. The van der Waals surface area contributed by atoms with Crippen LogP contribution in [-0.4, -0.2) is 23.5 Å². The Morgan fingerprint density at radius 3 is 2.33 bits per heavy atom. The number of hydrogen-bond acceptors (Lipinski definition) is 3. The zero-order valence-corrected chi connectivity index (χ0v) is 12.1. The molecule has 0 aliphatic rings. The predicted octanol–water partition coefficient (Wildman–Crippen LogP) is 2.44. The van der Waals surface area contributed by atoms with Crippen molar-refractivity contribution in [2.24, 2.45) is 5.92 Å². The molecule has 0 bridgehead atoms. The average molecular weight is 255 g/mol. The van der Waals surface area contributed by atoms with E-state index in [4.69, 9.17) is 4.74 Å². The lowest BCUT2D eigenvalue weighted by Gasteiger charge is -2.27. The molecule has 0 saturated heterocycles. The summed E-state index contributed by atoms with van der Waals surface area (Å²) in [6, 6.07) is -0.596. The molecule has 18 heavy (non-hydrogen) atoms. The zero-order valence-electron chi connectivity index (χ0n) is 12.1. The summed E-state index contributed by atoms with van der Waals surface area (Å²) in [7, 11) is 0. The normalized spacial score (nSPS) is 14.5. The van der Waals surface area contributed by atoms with Crippen molar-refractivity contribution in [3.05, 3.63) is 12.7 Å². The third-order valence-electron chi connectivity index (χ3n) is 2.52. The van der Waals surface area contributed by atoms with E-state index in [2.05, 4.69) is 11.9 Å². The highest BCUT2D eigenvalue weighted by molar-refractivity contribution is 5.85. The molecule has 1 N–H and O–H groups in total. The lowest BCUT2D eigenvalue weighted by molar-refractivity contribution is -0.160. The van der Waals surface area contributed by atoms with Crippen LogP contribution in [0.2, 0.25) is 0 Å². The molecule has 4 heteroatoms. The van der Waals surface area contributed by atoms with Gasteiger partial charge in [-0.05, 0) is 26.7 Å². The number of rotatable bonds is 6. The molecule has 0 saturated carbocycles. The van der Waals surface area contributed by atoms with Crippen molar-refractivity contribution < 1.29 is 14.3 Å². The second-order valence-corrected chi connectivity index (χ2v) is 5.46. The number of hydrogen-bond donors (Lipinski definition) is 1. The van der Waals surface area contributed by atoms with Gasteiger partial charge < -0.3 is 10.1 Å². The van der Waals surface area contributed by atoms with E-state index >= 15 is 0 Å². The highest BCUT2D eigenvalue weighted by Gasteiger charge is 2.29. The second-order valence-electron chi connectivity index (χ2n) is 5.46. The summed E-state index contributed by atoms with van der Waals surface area (Å²) in [4.78, 5) is 23.6. The van der Waals surface area contributed by atoms with Gasteiger partial charge >= 0.3 is 5.97 Å². The Hall–Kier alpha value is -1.32. The van der Waals surface area contributed by atoms with E-state index < -0.39 is 11.6 Å². The number of esters is 1. The lowest BCUT2D eigenvalue weighted by atomic mass is 9.98. The Kier molecular flexibility index (Phi) is 6.66. The number of nitrogens with one attached hydrogen (secondary N) is 1. The fraction of sp³-hybridized carbons (Fsp3) is 0.714. The molecule has 0 rings (SSSR count). The highest BCUT2D eigenvalue weighted by Crippen LogP contribution is 2.14.